The standard InChI is InChI=1S/C21H21ClN2O2S/c1-13-9-18(13)19-7-5-16(26-19)6-8-20(25)24-21-23-12-17(27-21)11-14-3-2-4-15(22)10-14/h2-5,7,10,12-13,18H,6,8-9,11H2,1H3,(H,23,24,25). The number of hydrogen-bond donors (Lipinski definition) is 1. The predicted octanol–water partition coefficient (Wildman–Crippen LogP) is 5.68. The average Bonchev–Trinajstić information content (AvgIpc) is 3.02. The minimum atomic E-state index is -0.0450. The van der Waals surface area contributed by atoms with Crippen molar-refractivity contribution in [3.8, 4) is 0 Å². The van der Waals surface area contributed by atoms with Crippen molar-refractivity contribution in [3.05, 3.63) is 69.6 Å². The third-order valence-corrected chi connectivity index (χ3v) is 5.97. The molecule has 27 heavy (non-hydrogen) atoms. The molecule has 0 bridgehead atoms. The first kappa shape index (κ1) is 18.3. The molecule has 0 spiro atoms. The first-order valence-corrected chi connectivity index (χ1v) is 10.3. The van der Waals surface area contributed by atoms with Crippen LogP contribution in [0.25, 0.3) is 0 Å². The van der Waals surface area contributed by atoms with Gasteiger partial charge in [-0.2, -0.15) is 0 Å². The zero-order valence-electron chi connectivity index (χ0n) is 15.1. The molecule has 1 fully saturated rings. The number of nitrogens with zero attached hydrogens (tertiary/aromatic N) is 1. The van der Waals surface area contributed by atoms with Crippen molar-refractivity contribution in [2.75, 3.05) is 5.32 Å². The molecule has 1 aliphatic rings. The quantitative estimate of drug-likeness (QED) is 0.555. The Bertz CT molecular complexity index is 949. The van der Waals surface area contributed by atoms with Gasteiger partial charge in [0.25, 0.3) is 0 Å². The maximum absolute atomic E-state index is 12.2. The fourth-order valence-corrected chi connectivity index (χ4v) is 4.24. The Balaban J connectivity index is 1.27. The van der Waals surface area contributed by atoms with Crippen LogP contribution in [0.15, 0.2) is 47.0 Å². The molecule has 2 unspecified atom stereocenters. The van der Waals surface area contributed by atoms with Crippen molar-refractivity contribution >= 4 is 34.0 Å². The Hall–Kier alpha value is -2.11. The number of carbonyl (C=O) groups is 1. The number of nitrogens with one attached hydrogen (secondary N) is 1. The van der Waals surface area contributed by atoms with Gasteiger partial charge in [-0.25, -0.2) is 4.98 Å². The van der Waals surface area contributed by atoms with Gasteiger partial charge in [-0.3, -0.25) is 4.79 Å². The average molecular weight is 401 g/mol. The molecule has 2 atom stereocenters. The molecule has 4 nitrogen and oxygen atoms in total. The van der Waals surface area contributed by atoms with E-state index in [4.69, 9.17) is 16.0 Å². The van der Waals surface area contributed by atoms with Gasteiger partial charge < -0.3 is 9.73 Å². The smallest absolute Gasteiger partial charge is 0.226 e. The van der Waals surface area contributed by atoms with Crippen LogP contribution in [0.5, 0.6) is 0 Å². The van der Waals surface area contributed by atoms with Crippen LogP contribution in [0.3, 0.4) is 0 Å². The lowest BCUT2D eigenvalue weighted by atomic mass is 10.1. The summed E-state index contributed by atoms with van der Waals surface area (Å²) in [5.74, 6) is 3.18. The number of aryl methyl sites for hydroxylation is 1. The predicted molar refractivity (Wildman–Crippen MR) is 109 cm³/mol. The normalized spacial score (nSPS) is 18.4. The molecule has 1 aromatic carbocycles. The third-order valence-electron chi connectivity index (χ3n) is 4.82. The molecule has 6 heteroatoms. The molecule has 2 heterocycles. The van der Waals surface area contributed by atoms with E-state index in [1.165, 1.54) is 17.8 Å². The monoisotopic (exact) mass is 400 g/mol. The molecule has 0 radical (unpaired) electrons. The van der Waals surface area contributed by atoms with Crippen LogP contribution in [0, 0.1) is 5.92 Å². The van der Waals surface area contributed by atoms with Gasteiger partial charge in [0.05, 0.1) is 0 Å². The summed E-state index contributed by atoms with van der Waals surface area (Å²) in [6.07, 6.45) is 4.75. The third kappa shape index (κ3) is 4.79. The summed E-state index contributed by atoms with van der Waals surface area (Å²) in [7, 11) is 0. The van der Waals surface area contributed by atoms with Crippen molar-refractivity contribution in [1.29, 1.82) is 0 Å². The molecule has 4 rings (SSSR count). The summed E-state index contributed by atoms with van der Waals surface area (Å²) >= 11 is 7.51. The molecule has 0 aliphatic heterocycles. The number of amides is 1. The Kier molecular flexibility index (Phi) is 5.32. The van der Waals surface area contributed by atoms with E-state index in [-0.39, 0.29) is 5.91 Å². The lowest BCUT2D eigenvalue weighted by Crippen LogP contribution is -2.11. The number of halogens is 1. The molecule has 1 N–H and O–H groups in total. The Labute approximate surface area is 167 Å². The van der Waals surface area contributed by atoms with E-state index in [1.807, 2.05) is 36.4 Å². The van der Waals surface area contributed by atoms with Gasteiger partial charge in [-0.05, 0) is 42.2 Å². The van der Waals surface area contributed by atoms with E-state index in [1.54, 1.807) is 6.20 Å². The first-order valence-electron chi connectivity index (χ1n) is 9.14. The van der Waals surface area contributed by atoms with Crippen molar-refractivity contribution in [1.82, 2.24) is 4.98 Å². The highest BCUT2D eigenvalue weighted by Crippen LogP contribution is 2.47. The van der Waals surface area contributed by atoms with E-state index in [9.17, 15) is 4.79 Å². The zero-order valence-corrected chi connectivity index (χ0v) is 16.6. The van der Waals surface area contributed by atoms with Crippen molar-refractivity contribution in [2.24, 2.45) is 5.92 Å². The van der Waals surface area contributed by atoms with Gasteiger partial charge in [0, 0.05) is 41.3 Å². The highest BCUT2D eigenvalue weighted by molar-refractivity contribution is 7.15. The largest absolute Gasteiger partial charge is 0.466 e. The molecular formula is C21H21ClN2O2S. The molecule has 1 saturated carbocycles. The summed E-state index contributed by atoms with van der Waals surface area (Å²) in [6, 6.07) is 11.8. The summed E-state index contributed by atoms with van der Waals surface area (Å²) in [4.78, 5) is 17.6. The molecule has 2 aromatic heterocycles. The Morgan fingerprint density at radius 2 is 2.22 bits per heavy atom. The van der Waals surface area contributed by atoms with Crippen molar-refractivity contribution < 1.29 is 9.21 Å². The lowest BCUT2D eigenvalue weighted by molar-refractivity contribution is -0.116. The summed E-state index contributed by atoms with van der Waals surface area (Å²) in [6.45, 7) is 2.23. The number of rotatable bonds is 7. The van der Waals surface area contributed by atoms with Crippen LogP contribution in [0.1, 0.15) is 47.6 Å². The first-order chi connectivity index (χ1) is 13.1. The highest BCUT2D eigenvalue weighted by Gasteiger charge is 2.36. The maximum atomic E-state index is 12.2. The van der Waals surface area contributed by atoms with Crippen LogP contribution < -0.4 is 5.32 Å². The van der Waals surface area contributed by atoms with Crippen molar-refractivity contribution in [3.63, 3.8) is 0 Å². The molecule has 140 valence electrons. The maximum Gasteiger partial charge on any atom is 0.226 e. The van der Waals surface area contributed by atoms with Gasteiger partial charge in [0.1, 0.15) is 11.5 Å². The van der Waals surface area contributed by atoms with Crippen LogP contribution in [-0.4, -0.2) is 10.9 Å². The Morgan fingerprint density at radius 1 is 1.37 bits per heavy atom. The van der Waals surface area contributed by atoms with Gasteiger partial charge in [-0.1, -0.05) is 30.7 Å². The van der Waals surface area contributed by atoms with Crippen LogP contribution in [0.4, 0.5) is 5.13 Å². The number of furan rings is 1. The van der Waals surface area contributed by atoms with Crippen LogP contribution >= 0.6 is 22.9 Å². The van der Waals surface area contributed by atoms with Gasteiger partial charge in [0.15, 0.2) is 5.13 Å². The number of hydrogen-bond acceptors (Lipinski definition) is 4. The fraction of sp³-hybridized carbons (Fsp3) is 0.333. The highest BCUT2D eigenvalue weighted by atomic mass is 35.5. The number of aromatic nitrogens is 1. The SMILES string of the molecule is CC1CC1c1ccc(CCC(=O)Nc2ncc(Cc3cccc(Cl)c3)s2)o1. The van der Waals surface area contributed by atoms with Crippen LogP contribution in [0.2, 0.25) is 5.02 Å². The van der Waals surface area contributed by atoms with Crippen molar-refractivity contribution in [2.45, 2.75) is 38.5 Å². The molecule has 0 saturated heterocycles. The van der Waals surface area contributed by atoms with Gasteiger partial charge in [-0.15, -0.1) is 11.3 Å². The molecule has 1 amide bonds. The minimum Gasteiger partial charge on any atom is -0.466 e. The molecular weight excluding hydrogens is 380 g/mol. The number of carbonyl (C=O) groups excluding carboxylic acids is 1. The number of thiazole rings is 1. The summed E-state index contributed by atoms with van der Waals surface area (Å²) < 4.78 is 5.85. The molecule has 1 aliphatic carbocycles. The Morgan fingerprint density at radius 3 is 3.00 bits per heavy atom. The molecule has 3 aromatic rings. The van der Waals surface area contributed by atoms with Gasteiger partial charge in [0.2, 0.25) is 5.91 Å². The second-order valence-electron chi connectivity index (χ2n) is 7.11. The van der Waals surface area contributed by atoms with E-state index >= 15 is 0 Å². The number of anilines is 1. The summed E-state index contributed by atoms with van der Waals surface area (Å²) in [5, 5.41) is 4.23. The summed E-state index contributed by atoms with van der Waals surface area (Å²) in [5.41, 5.74) is 1.13. The van der Waals surface area contributed by atoms with E-state index < -0.39 is 0 Å². The van der Waals surface area contributed by atoms with E-state index in [2.05, 4.69) is 17.2 Å². The second kappa shape index (κ2) is 7.87. The van der Waals surface area contributed by atoms with Gasteiger partial charge >= 0.3 is 0 Å². The van der Waals surface area contributed by atoms with E-state index in [0.717, 1.165) is 39.3 Å². The topological polar surface area (TPSA) is 55.1 Å². The number of benzene rings is 1. The van der Waals surface area contributed by atoms with E-state index in [0.29, 0.717) is 23.9 Å². The van der Waals surface area contributed by atoms with Crippen LogP contribution in [-0.2, 0) is 17.6 Å². The second-order valence-corrected chi connectivity index (χ2v) is 8.66. The zero-order chi connectivity index (χ0) is 18.8. The fourth-order valence-electron chi connectivity index (χ4n) is 3.16. The minimum absolute atomic E-state index is 0.0450. The lowest BCUT2D eigenvalue weighted by Gasteiger charge is -2.01.